The van der Waals surface area contributed by atoms with Gasteiger partial charge in [-0.05, 0) is 30.2 Å². The van der Waals surface area contributed by atoms with Gasteiger partial charge in [0.05, 0.1) is 38.7 Å². The molecule has 0 saturated carbocycles. The first kappa shape index (κ1) is 43.6. The second-order valence-electron chi connectivity index (χ2n) is 13.7. The average molecular weight is 896 g/mol. The molecular formula is C42H37N23O2. The number of hydrogen-bond acceptors (Lipinski definition) is 23. The van der Waals surface area contributed by atoms with E-state index in [0.717, 1.165) is 11.1 Å². The molecule has 6 aromatic heterocycles. The topological polar surface area (TPSA) is 314 Å². The molecule has 0 unspecified atom stereocenters. The van der Waals surface area contributed by atoms with Crippen LogP contribution >= 0.6 is 0 Å². The highest BCUT2D eigenvalue weighted by atomic mass is 16.5. The number of methoxy groups -OCH3 is 2. The summed E-state index contributed by atoms with van der Waals surface area (Å²) in [5, 5.41) is 56.3. The van der Waals surface area contributed by atoms with Crippen molar-refractivity contribution in [2.24, 2.45) is 20.5 Å². The molecule has 0 aliphatic heterocycles. The summed E-state index contributed by atoms with van der Waals surface area (Å²) in [5.41, 5.74) is 9.58. The molecule has 0 saturated heterocycles. The Hall–Kier alpha value is -10.0. The smallest absolute Gasteiger partial charge is 0.261 e. The molecule has 0 aliphatic rings. The van der Waals surface area contributed by atoms with E-state index < -0.39 is 0 Å². The highest BCUT2D eigenvalue weighted by molar-refractivity contribution is 5.77. The summed E-state index contributed by atoms with van der Waals surface area (Å²) in [5.74, 6) is 3.00. The van der Waals surface area contributed by atoms with E-state index in [1.807, 2.05) is 24.3 Å². The fraction of sp³-hybridized carbons (Fsp3) is 0.143. The van der Waals surface area contributed by atoms with Crippen LogP contribution in [-0.4, -0.2) is 80.7 Å². The van der Waals surface area contributed by atoms with Crippen LogP contribution in [0.1, 0.15) is 27.8 Å². The van der Waals surface area contributed by atoms with E-state index in [4.69, 9.17) is 14.5 Å². The van der Waals surface area contributed by atoms with Crippen molar-refractivity contribution in [2.75, 3.05) is 48.1 Å². The molecule has 332 valence electrons. The van der Waals surface area contributed by atoms with Crippen molar-refractivity contribution in [3.63, 3.8) is 0 Å². The molecule has 0 radical (unpaired) electrons. The van der Waals surface area contributed by atoms with Crippen molar-refractivity contribution in [3.05, 3.63) is 126 Å². The normalized spacial score (nSPS) is 11.0. The van der Waals surface area contributed by atoms with E-state index in [1.54, 1.807) is 89.5 Å². The van der Waals surface area contributed by atoms with E-state index in [9.17, 15) is 10.5 Å². The number of azo groups is 2. The minimum atomic E-state index is 0.0118. The first-order valence-electron chi connectivity index (χ1n) is 19.9. The molecule has 6 heterocycles. The van der Waals surface area contributed by atoms with Crippen LogP contribution in [-0.2, 0) is 13.1 Å². The Bertz CT molecular complexity index is 3140. The summed E-state index contributed by atoms with van der Waals surface area (Å²) in [6, 6.07) is 20.6. The lowest BCUT2D eigenvalue weighted by molar-refractivity contribution is 0.395. The summed E-state index contributed by atoms with van der Waals surface area (Å²) < 4.78 is 13.7. The van der Waals surface area contributed by atoms with E-state index in [2.05, 4.69) is 104 Å². The lowest BCUT2D eigenvalue weighted by atomic mass is 10.1. The van der Waals surface area contributed by atoms with Gasteiger partial charge in [-0.2, -0.15) is 30.3 Å². The van der Waals surface area contributed by atoms with Crippen LogP contribution < -0.4 is 36.3 Å². The minimum absolute atomic E-state index is 0.0118. The standard InChI is InChI=1S/C42H37N23O2/c1-25-32(19-44)36(54-29-15-30(66-3)17-31(16-29)67-4)55-38(34(25)58-60-35-28(18-43)23-64(62-35)41-46-10-6-11-47-41)50-20-26-8-5-9-27(14-26)21-53-59-37-33(22-51-39(45-2)56-37)57-61-40-52-24-65(63-40)42-48-12-7-13-49-42/h5-17,22-24,57H,20-21H2,1-4H3,(H,61,63)(H,45,51,56)(H2,50,54,55). The third-order valence-corrected chi connectivity index (χ3v) is 9.38. The van der Waals surface area contributed by atoms with Crippen molar-refractivity contribution in [1.29, 1.82) is 10.5 Å². The number of ether oxygens (including phenoxy) is 2. The summed E-state index contributed by atoms with van der Waals surface area (Å²) in [6.07, 6.45) is 10.8. The molecule has 2 aromatic carbocycles. The number of benzene rings is 2. The number of hydrogen-bond donors (Lipinski definition) is 5. The third-order valence-electron chi connectivity index (χ3n) is 9.38. The predicted octanol–water partition coefficient (Wildman–Crippen LogP) is 6.82. The first-order chi connectivity index (χ1) is 32.8. The van der Waals surface area contributed by atoms with Gasteiger partial charge in [0, 0.05) is 67.8 Å². The number of nitrogens with one attached hydrogen (secondary N) is 5. The lowest BCUT2D eigenvalue weighted by Gasteiger charge is -2.16. The van der Waals surface area contributed by atoms with Crippen molar-refractivity contribution < 1.29 is 9.47 Å². The van der Waals surface area contributed by atoms with Crippen LogP contribution in [0.4, 0.5) is 52.2 Å². The molecule has 0 amide bonds. The number of nitriles is 2. The van der Waals surface area contributed by atoms with Gasteiger partial charge in [0.15, 0.2) is 11.6 Å². The number of hydrazine groups is 1. The Morgan fingerprint density at radius 2 is 1.45 bits per heavy atom. The highest BCUT2D eigenvalue weighted by Gasteiger charge is 2.20. The molecule has 0 spiro atoms. The van der Waals surface area contributed by atoms with Crippen LogP contribution in [0.15, 0.2) is 119 Å². The predicted molar refractivity (Wildman–Crippen MR) is 242 cm³/mol. The Balaban J connectivity index is 1.04. The molecule has 5 N–H and O–H groups in total. The summed E-state index contributed by atoms with van der Waals surface area (Å²) >= 11 is 0. The zero-order chi connectivity index (χ0) is 46.5. The van der Waals surface area contributed by atoms with Crippen LogP contribution in [0.5, 0.6) is 11.5 Å². The van der Waals surface area contributed by atoms with Crippen LogP contribution in [0.2, 0.25) is 0 Å². The highest BCUT2D eigenvalue weighted by Crippen LogP contribution is 2.37. The maximum atomic E-state index is 10.4. The Labute approximate surface area is 380 Å². The fourth-order valence-electron chi connectivity index (χ4n) is 6.13. The summed E-state index contributed by atoms with van der Waals surface area (Å²) in [6.45, 7) is 2.19. The van der Waals surface area contributed by atoms with Crippen molar-refractivity contribution in [2.45, 2.75) is 20.0 Å². The fourth-order valence-corrected chi connectivity index (χ4v) is 6.13. The van der Waals surface area contributed by atoms with Crippen molar-refractivity contribution in [3.8, 4) is 35.5 Å². The molecule has 0 bridgehead atoms. The summed E-state index contributed by atoms with van der Waals surface area (Å²) in [7, 11) is 4.78. The molecule has 25 heteroatoms. The second-order valence-corrected chi connectivity index (χ2v) is 13.7. The Kier molecular flexibility index (Phi) is 13.3. The monoisotopic (exact) mass is 895 g/mol. The second kappa shape index (κ2) is 20.4. The largest absolute Gasteiger partial charge is 0.497 e. The number of rotatable bonds is 18. The maximum Gasteiger partial charge on any atom is 0.261 e. The molecular weight excluding hydrogens is 859 g/mol. The Morgan fingerprint density at radius 1 is 0.716 bits per heavy atom. The van der Waals surface area contributed by atoms with E-state index in [0.29, 0.717) is 40.3 Å². The molecule has 8 aromatic rings. The van der Waals surface area contributed by atoms with Gasteiger partial charge >= 0.3 is 0 Å². The third kappa shape index (κ3) is 10.4. The van der Waals surface area contributed by atoms with E-state index >= 15 is 0 Å². The van der Waals surface area contributed by atoms with Gasteiger partial charge in [-0.3, -0.25) is 10.9 Å². The molecule has 67 heavy (non-hydrogen) atoms. The Morgan fingerprint density at radius 3 is 2.15 bits per heavy atom. The van der Waals surface area contributed by atoms with Gasteiger partial charge in [0.25, 0.3) is 17.8 Å². The number of pyridine rings is 1. The first-order valence-corrected chi connectivity index (χ1v) is 19.9. The SMILES string of the molecule is CNc1ncc(NNc2ncn(-c3ncccn3)n2)c(N=NCc2cccc(CNc3nc(Nc4cc(OC)cc(OC)c4)c(C#N)c(C)c3N=Nc3nn(-c4ncccn4)cc3C#N)c2)n1. The lowest BCUT2D eigenvalue weighted by Crippen LogP contribution is -2.12. The zero-order valence-corrected chi connectivity index (χ0v) is 36.0. The van der Waals surface area contributed by atoms with Crippen molar-refractivity contribution >= 4 is 52.2 Å². The van der Waals surface area contributed by atoms with Gasteiger partial charge in [0.1, 0.15) is 46.9 Å². The maximum absolute atomic E-state index is 10.4. The average Bonchev–Trinajstić information content (AvgIpc) is 4.03. The minimum Gasteiger partial charge on any atom is -0.497 e. The van der Waals surface area contributed by atoms with E-state index in [-0.39, 0.29) is 65.1 Å². The van der Waals surface area contributed by atoms with Crippen LogP contribution in [0.3, 0.4) is 0 Å². The van der Waals surface area contributed by atoms with Gasteiger partial charge in [-0.1, -0.05) is 24.3 Å². The molecule has 0 aliphatic carbocycles. The zero-order valence-electron chi connectivity index (χ0n) is 36.0. The van der Waals surface area contributed by atoms with Gasteiger partial charge in [0.2, 0.25) is 17.6 Å². The van der Waals surface area contributed by atoms with E-state index in [1.165, 1.54) is 21.9 Å². The van der Waals surface area contributed by atoms with Gasteiger partial charge in [-0.25, -0.2) is 34.6 Å². The van der Waals surface area contributed by atoms with Gasteiger partial charge in [-0.15, -0.1) is 25.5 Å². The van der Waals surface area contributed by atoms with Crippen LogP contribution in [0, 0.1) is 29.6 Å². The quantitative estimate of drug-likeness (QED) is 0.0435. The summed E-state index contributed by atoms with van der Waals surface area (Å²) in [4.78, 5) is 34.5. The molecule has 8 rings (SSSR count). The van der Waals surface area contributed by atoms with Crippen LogP contribution in [0.25, 0.3) is 11.9 Å². The molecule has 25 nitrogen and oxygen atoms in total. The van der Waals surface area contributed by atoms with Gasteiger partial charge < -0.3 is 25.4 Å². The number of nitrogens with zero attached hydrogens (tertiary/aromatic N) is 18. The van der Waals surface area contributed by atoms with Crippen molar-refractivity contribution in [1.82, 2.24) is 59.4 Å². The number of aromatic nitrogens is 12. The molecule has 0 atom stereocenters. The number of anilines is 6. The molecule has 0 fully saturated rings.